The van der Waals surface area contributed by atoms with Gasteiger partial charge < -0.3 is 0 Å². The normalized spacial score (nSPS) is 11.7. The molecule has 18 heavy (non-hydrogen) atoms. The minimum absolute atomic E-state index is 0.419. The molecule has 0 fully saturated rings. The monoisotopic (exact) mass is 300 g/mol. The van der Waals surface area contributed by atoms with Crippen LogP contribution in [0.2, 0.25) is 0 Å². The molecule has 0 atom stereocenters. The molecule has 0 radical (unpaired) electrons. The van der Waals surface area contributed by atoms with Crippen LogP contribution in [0.5, 0.6) is 0 Å². The molecule has 0 spiro atoms. The van der Waals surface area contributed by atoms with Gasteiger partial charge in [0, 0.05) is 0 Å². The Morgan fingerprint density at radius 3 is 1.28 bits per heavy atom. The standard InChI is InChI=1S/3C3H7O2.C2H3.Ti/c3*1-5-3-2-4;1-2;/h3*2-3H2,1H3;1H,2H2;/q3*-1;;+3. The molecule has 0 saturated carbocycles. The molecule has 0 heterocycles. The van der Waals surface area contributed by atoms with Crippen molar-refractivity contribution in [2.45, 2.75) is 0 Å². The zero-order valence-corrected chi connectivity index (χ0v) is 13.0. The van der Waals surface area contributed by atoms with Crippen LogP contribution in [0.15, 0.2) is 11.0 Å². The first-order valence-electron chi connectivity index (χ1n) is 5.77. The first-order valence-corrected chi connectivity index (χ1v) is 8.58. The van der Waals surface area contributed by atoms with Gasteiger partial charge in [0.15, 0.2) is 0 Å². The molecule has 6 nitrogen and oxygen atoms in total. The summed E-state index contributed by atoms with van der Waals surface area (Å²) < 4.78 is 33.6. The molecule has 0 unspecified atom stereocenters. The summed E-state index contributed by atoms with van der Waals surface area (Å²) in [6.45, 7) is 6.48. The van der Waals surface area contributed by atoms with Crippen molar-refractivity contribution in [3.05, 3.63) is 11.0 Å². The van der Waals surface area contributed by atoms with Crippen LogP contribution in [0.1, 0.15) is 0 Å². The van der Waals surface area contributed by atoms with Crippen molar-refractivity contribution in [3.8, 4) is 0 Å². The van der Waals surface area contributed by atoms with Crippen molar-refractivity contribution in [3.63, 3.8) is 0 Å². The third-order valence-corrected chi connectivity index (χ3v) is 5.64. The van der Waals surface area contributed by atoms with Crippen LogP contribution < -0.4 is 0 Å². The van der Waals surface area contributed by atoms with Gasteiger partial charge in [-0.05, 0) is 0 Å². The molecule has 0 aromatic carbocycles. The van der Waals surface area contributed by atoms with E-state index in [0.717, 1.165) is 0 Å². The van der Waals surface area contributed by atoms with E-state index in [4.69, 9.17) is 24.2 Å². The van der Waals surface area contributed by atoms with Gasteiger partial charge in [-0.2, -0.15) is 0 Å². The second-order valence-corrected chi connectivity index (χ2v) is 7.21. The van der Waals surface area contributed by atoms with E-state index in [1.807, 2.05) is 0 Å². The van der Waals surface area contributed by atoms with Crippen LogP contribution in [0, 0.1) is 0 Å². The summed E-state index contributed by atoms with van der Waals surface area (Å²) in [4.78, 5) is 0. The number of hydrogen-bond acceptors (Lipinski definition) is 6. The Balaban J connectivity index is 4.25. The van der Waals surface area contributed by atoms with E-state index in [1.165, 1.54) is 0 Å². The Labute approximate surface area is 114 Å². The second-order valence-electron chi connectivity index (χ2n) is 3.33. The summed E-state index contributed by atoms with van der Waals surface area (Å²) in [7, 11) is 4.84. The number of hydrogen-bond donors (Lipinski definition) is 0. The SMILES string of the molecule is C=[CH][Ti]([O]CCOC)([O]CCOC)[O]CCOC. The van der Waals surface area contributed by atoms with E-state index in [9.17, 15) is 0 Å². The molecule has 108 valence electrons. The van der Waals surface area contributed by atoms with Crippen molar-refractivity contribution in [1.82, 2.24) is 0 Å². The Morgan fingerprint density at radius 2 is 1.06 bits per heavy atom. The number of ether oxygens (including phenoxy) is 3. The molecule has 7 heteroatoms. The predicted octanol–water partition coefficient (Wildman–Crippen LogP) is 1.02. The van der Waals surface area contributed by atoms with Gasteiger partial charge in [0.2, 0.25) is 0 Å². The summed E-state index contributed by atoms with van der Waals surface area (Å²) in [6, 6.07) is 0. The minimum atomic E-state index is -3.41. The van der Waals surface area contributed by atoms with Crippen LogP contribution in [-0.4, -0.2) is 61.0 Å². The average molecular weight is 300 g/mol. The fourth-order valence-corrected chi connectivity index (χ4v) is 3.77. The summed E-state index contributed by atoms with van der Waals surface area (Å²) in [5.74, 6) is 0. The van der Waals surface area contributed by atoms with Gasteiger partial charge in [0.05, 0.1) is 0 Å². The zero-order chi connectivity index (χ0) is 13.7. The predicted molar refractivity (Wildman–Crippen MR) is 63.7 cm³/mol. The van der Waals surface area contributed by atoms with Crippen molar-refractivity contribution in [2.24, 2.45) is 0 Å². The van der Waals surface area contributed by atoms with Gasteiger partial charge in [0.25, 0.3) is 0 Å². The maximum absolute atomic E-state index is 5.70. The van der Waals surface area contributed by atoms with E-state index in [-0.39, 0.29) is 0 Å². The van der Waals surface area contributed by atoms with Gasteiger partial charge in [-0.25, -0.2) is 0 Å². The number of rotatable bonds is 13. The van der Waals surface area contributed by atoms with Gasteiger partial charge in [-0.1, -0.05) is 0 Å². The van der Waals surface area contributed by atoms with Gasteiger partial charge in [-0.3, -0.25) is 0 Å². The van der Waals surface area contributed by atoms with E-state index >= 15 is 0 Å². The molecule has 0 amide bonds. The molecule has 0 aromatic rings. The molecular weight excluding hydrogens is 276 g/mol. The van der Waals surface area contributed by atoms with E-state index in [2.05, 4.69) is 6.58 Å². The molecule has 0 aliphatic heterocycles. The number of methoxy groups -OCH3 is 3. The van der Waals surface area contributed by atoms with Gasteiger partial charge >= 0.3 is 114 Å². The molecule has 0 aliphatic rings. The summed E-state index contributed by atoms with van der Waals surface area (Å²) in [5.41, 5.74) is 0. The van der Waals surface area contributed by atoms with Crippen molar-refractivity contribution >= 4 is 0 Å². The molecular formula is C11H24O6Ti. The summed E-state index contributed by atoms with van der Waals surface area (Å²) >= 11 is -3.41. The van der Waals surface area contributed by atoms with Gasteiger partial charge in [-0.15, -0.1) is 0 Å². The molecule has 0 N–H and O–H groups in total. The van der Waals surface area contributed by atoms with Crippen LogP contribution >= 0.6 is 0 Å². The van der Waals surface area contributed by atoms with Gasteiger partial charge in [0.1, 0.15) is 0 Å². The van der Waals surface area contributed by atoms with Crippen LogP contribution in [0.25, 0.3) is 0 Å². The maximum atomic E-state index is 5.70. The zero-order valence-electron chi connectivity index (χ0n) is 11.5. The fraction of sp³-hybridized carbons (Fsp3) is 0.818. The molecule has 0 aliphatic carbocycles. The first-order chi connectivity index (χ1) is 8.74. The molecule has 0 rings (SSSR count). The summed E-state index contributed by atoms with van der Waals surface area (Å²) in [6.07, 6.45) is 0. The second kappa shape index (κ2) is 12.3. The molecule has 0 bridgehead atoms. The molecule has 0 saturated heterocycles. The third-order valence-electron chi connectivity index (χ3n) is 2.02. The third kappa shape index (κ3) is 8.34. The van der Waals surface area contributed by atoms with E-state index < -0.39 is 17.8 Å². The average Bonchev–Trinajstić information content (AvgIpc) is 2.39. The van der Waals surface area contributed by atoms with Crippen molar-refractivity contribution in [1.29, 1.82) is 0 Å². The quantitative estimate of drug-likeness (QED) is 0.374. The van der Waals surface area contributed by atoms with Crippen molar-refractivity contribution < 1.29 is 41.9 Å². The topological polar surface area (TPSA) is 55.4 Å². The summed E-state index contributed by atoms with van der Waals surface area (Å²) in [5, 5.41) is 0. The van der Waals surface area contributed by atoms with Crippen LogP contribution in [-0.2, 0) is 41.9 Å². The van der Waals surface area contributed by atoms with E-state index in [1.54, 1.807) is 25.7 Å². The Kier molecular flexibility index (Phi) is 12.4. The van der Waals surface area contributed by atoms with E-state index in [0.29, 0.717) is 39.6 Å². The molecule has 0 aromatic heterocycles. The van der Waals surface area contributed by atoms with Crippen LogP contribution in [0.3, 0.4) is 0 Å². The fourth-order valence-electron chi connectivity index (χ4n) is 1.10. The van der Waals surface area contributed by atoms with Crippen molar-refractivity contribution in [2.75, 3.05) is 61.0 Å². The van der Waals surface area contributed by atoms with Crippen LogP contribution in [0.4, 0.5) is 0 Å². The Hall–Kier alpha value is 0.214. The Bertz CT molecular complexity index is 175. The first kappa shape index (κ1) is 18.2. The Morgan fingerprint density at radius 1 is 0.722 bits per heavy atom.